The molecule has 0 saturated heterocycles. The summed E-state index contributed by atoms with van der Waals surface area (Å²) < 4.78 is 0. The number of nitrogens with one attached hydrogen (secondary N) is 1. The Bertz CT molecular complexity index is 664. The first-order chi connectivity index (χ1) is 10.4. The molecule has 114 valence electrons. The number of hydrogen-bond donors (Lipinski definition) is 1. The highest BCUT2D eigenvalue weighted by atomic mass is 16.6. The van der Waals surface area contributed by atoms with Gasteiger partial charge in [0, 0.05) is 23.2 Å². The van der Waals surface area contributed by atoms with E-state index in [1.807, 2.05) is 44.2 Å². The smallest absolute Gasteiger partial charge is 0.269 e. The van der Waals surface area contributed by atoms with Crippen molar-refractivity contribution in [3.63, 3.8) is 0 Å². The topological polar surface area (TPSA) is 72.2 Å². The number of nitro benzene ring substituents is 1. The van der Waals surface area contributed by atoms with Crippen LogP contribution in [0.15, 0.2) is 54.6 Å². The van der Waals surface area contributed by atoms with Crippen LogP contribution in [0.2, 0.25) is 0 Å². The summed E-state index contributed by atoms with van der Waals surface area (Å²) in [5.74, 6) is -0.240. The summed E-state index contributed by atoms with van der Waals surface area (Å²) in [6, 6.07) is 15.5. The van der Waals surface area contributed by atoms with Gasteiger partial charge in [-0.25, -0.2) is 0 Å². The minimum atomic E-state index is -0.485. The van der Waals surface area contributed by atoms with Gasteiger partial charge in [0.25, 0.3) is 11.6 Å². The first-order valence-corrected chi connectivity index (χ1v) is 6.98. The van der Waals surface area contributed by atoms with Crippen LogP contribution in [0, 0.1) is 10.1 Å². The van der Waals surface area contributed by atoms with Crippen molar-refractivity contribution in [3.05, 3.63) is 75.8 Å². The maximum Gasteiger partial charge on any atom is 0.269 e. The van der Waals surface area contributed by atoms with Crippen LogP contribution in [-0.2, 0) is 6.42 Å². The van der Waals surface area contributed by atoms with E-state index in [0.717, 1.165) is 5.56 Å². The van der Waals surface area contributed by atoms with Gasteiger partial charge in [-0.1, -0.05) is 30.3 Å². The van der Waals surface area contributed by atoms with Gasteiger partial charge in [0.15, 0.2) is 0 Å². The zero-order valence-corrected chi connectivity index (χ0v) is 12.6. The highest BCUT2D eigenvalue weighted by Gasteiger charge is 2.22. The van der Waals surface area contributed by atoms with Crippen molar-refractivity contribution in [2.75, 3.05) is 0 Å². The summed E-state index contributed by atoms with van der Waals surface area (Å²) in [7, 11) is 0. The molecule has 0 unspecified atom stereocenters. The summed E-state index contributed by atoms with van der Waals surface area (Å²) >= 11 is 0. The predicted octanol–water partition coefficient (Wildman–Crippen LogP) is 3.35. The molecule has 5 nitrogen and oxygen atoms in total. The Morgan fingerprint density at radius 1 is 1.09 bits per heavy atom. The van der Waals surface area contributed by atoms with E-state index in [1.54, 1.807) is 0 Å². The number of carbonyl (C=O) groups is 1. The largest absolute Gasteiger partial charge is 0.347 e. The highest BCUT2D eigenvalue weighted by Crippen LogP contribution is 2.15. The molecule has 2 aromatic carbocycles. The van der Waals surface area contributed by atoms with Crippen molar-refractivity contribution >= 4 is 11.6 Å². The number of rotatable bonds is 5. The Morgan fingerprint density at radius 3 is 2.23 bits per heavy atom. The normalized spacial score (nSPS) is 11.0. The van der Waals surface area contributed by atoms with Gasteiger partial charge in [-0.2, -0.15) is 0 Å². The summed E-state index contributed by atoms with van der Waals surface area (Å²) in [4.78, 5) is 22.4. The van der Waals surface area contributed by atoms with Gasteiger partial charge >= 0.3 is 0 Å². The Kier molecular flexibility index (Phi) is 4.56. The molecule has 22 heavy (non-hydrogen) atoms. The number of nitrogens with zero attached hydrogens (tertiary/aromatic N) is 1. The molecule has 0 spiro atoms. The second-order valence-corrected chi connectivity index (χ2v) is 5.80. The van der Waals surface area contributed by atoms with Crippen molar-refractivity contribution < 1.29 is 9.72 Å². The average Bonchev–Trinajstić information content (AvgIpc) is 2.47. The van der Waals surface area contributed by atoms with Crippen LogP contribution < -0.4 is 5.32 Å². The minimum Gasteiger partial charge on any atom is -0.347 e. The number of nitro groups is 1. The third-order valence-corrected chi connectivity index (χ3v) is 3.28. The molecule has 0 aliphatic carbocycles. The third-order valence-electron chi connectivity index (χ3n) is 3.28. The van der Waals surface area contributed by atoms with Gasteiger partial charge < -0.3 is 5.32 Å². The van der Waals surface area contributed by atoms with Crippen LogP contribution >= 0.6 is 0 Å². The van der Waals surface area contributed by atoms with E-state index in [4.69, 9.17) is 0 Å². The Balaban J connectivity index is 2.05. The zero-order valence-electron chi connectivity index (χ0n) is 12.6. The SMILES string of the molecule is CC(C)(Cc1ccccc1)NC(=O)c1ccc([N+](=O)[O-])cc1. The summed E-state index contributed by atoms with van der Waals surface area (Å²) in [5, 5.41) is 13.6. The highest BCUT2D eigenvalue weighted by molar-refractivity contribution is 5.94. The molecule has 5 heteroatoms. The zero-order chi connectivity index (χ0) is 16.2. The lowest BCUT2D eigenvalue weighted by Gasteiger charge is -2.26. The van der Waals surface area contributed by atoms with Crippen LogP contribution in [0.4, 0.5) is 5.69 Å². The van der Waals surface area contributed by atoms with Crippen molar-refractivity contribution in [3.8, 4) is 0 Å². The number of hydrogen-bond acceptors (Lipinski definition) is 3. The second-order valence-electron chi connectivity index (χ2n) is 5.80. The molecule has 0 atom stereocenters. The Morgan fingerprint density at radius 2 is 1.68 bits per heavy atom. The lowest BCUT2D eigenvalue weighted by molar-refractivity contribution is -0.384. The van der Waals surface area contributed by atoms with Gasteiger partial charge in [-0.15, -0.1) is 0 Å². The minimum absolute atomic E-state index is 0.0277. The average molecular weight is 298 g/mol. The monoisotopic (exact) mass is 298 g/mol. The second kappa shape index (κ2) is 6.39. The van der Waals surface area contributed by atoms with E-state index in [0.29, 0.717) is 12.0 Å². The lowest BCUT2D eigenvalue weighted by Crippen LogP contribution is -2.45. The van der Waals surface area contributed by atoms with Crippen molar-refractivity contribution in [2.24, 2.45) is 0 Å². The summed E-state index contributed by atoms with van der Waals surface area (Å²) in [6.07, 6.45) is 0.701. The molecule has 2 aromatic rings. The molecule has 0 saturated carbocycles. The predicted molar refractivity (Wildman–Crippen MR) is 84.8 cm³/mol. The van der Waals surface area contributed by atoms with Crippen LogP contribution in [0.1, 0.15) is 29.8 Å². The Labute approximate surface area is 129 Å². The van der Waals surface area contributed by atoms with Gasteiger partial charge in [-0.05, 0) is 38.0 Å². The number of amides is 1. The summed E-state index contributed by atoms with van der Waals surface area (Å²) in [6.45, 7) is 3.90. The van der Waals surface area contributed by atoms with Crippen LogP contribution in [-0.4, -0.2) is 16.4 Å². The molecule has 0 aliphatic heterocycles. The van der Waals surface area contributed by atoms with Gasteiger partial charge in [0.05, 0.1) is 4.92 Å². The van der Waals surface area contributed by atoms with Crippen LogP contribution in [0.5, 0.6) is 0 Å². The maximum atomic E-state index is 12.3. The quantitative estimate of drug-likeness (QED) is 0.679. The number of benzene rings is 2. The molecule has 0 heterocycles. The fourth-order valence-electron chi connectivity index (χ4n) is 2.26. The molecule has 0 bridgehead atoms. The van der Waals surface area contributed by atoms with Gasteiger partial charge in [0.2, 0.25) is 0 Å². The standard InChI is InChI=1S/C17H18N2O3/c1-17(2,12-13-6-4-3-5-7-13)18-16(20)14-8-10-15(11-9-14)19(21)22/h3-11H,12H2,1-2H3,(H,18,20). The molecular weight excluding hydrogens is 280 g/mol. The number of non-ortho nitro benzene ring substituents is 1. The molecule has 1 amide bonds. The van der Waals surface area contributed by atoms with E-state index in [2.05, 4.69) is 5.32 Å². The maximum absolute atomic E-state index is 12.3. The fraction of sp³-hybridized carbons (Fsp3) is 0.235. The summed E-state index contributed by atoms with van der Waals surface area (Å²) in [5.41, 5.74) is 1.10. The van der Waals surface area contributed by atoms with E-state index in [1.165, 1.54) is 24.3 Å². The molecular formula is C17H18N2O3. The third kappa shape index (κ3) is 4.15. The van der Waals surface area contributed by atoms with E-state index >= 15 is 0 Å². The van der Waals surface area contributed by atoms with Crippen molar-refractivity contribution in [1.29, 1.82) is 0 Å². The first kappa shape index (κ1) is 15.7. The van der Waals surface area contributed by atoms with Gasteiger partial charge in [0.1, 0.15) is 0 Å². The molecule has 0 radical (unpaired) electrons. The van der Waals surface area contributed by atoms with Crippen molar-refractivity contribution in [1.82, 2.24) is 5.32 Å². The molecule has 2 rings (SSSR count). The molecule has 0 aliphatic rings. The number of carbonyl (C=O) groups excluding carboxylic acids is 1. The lowest BCUT2D eigenvalue weighted by atomic mass is 9.94. The van der Waals surface area contributed by atoms with Crippen LogP contribution in [0.25, 0.3) is 0 Å². The van der Waals surface area contributed by atoms with E-state index < -0.39 is 10.5 Å². The van der Waals surface area contributed by atoms with Crippen LogP contribution in [0.3, 0.4) is 0 Å². The molecule has 1 N–H and O–H groups in total. The van der Waals surface area contributed by atoms with Crippen molar-refractivity contribution in [2.45, 2.75) is 25.8 Å². The van der Waals surface area contributed by atoms with Gasteiger partial charge in [-0.3, -0.25) is 14.9 Å². The Hall–Kier alpha value is -2.69. The fourth-order valence-corrected chi connectivity index (χ4v) is 2.26. The molecule has 0 aromatic heterocycles. The molecule has 0 fully saturated rings. The van der Waals surface area contributed by atoms with E-state index in [-0.39, 0.29) is 11.6 Å². The first-order valence-electron chi connectivity index (χ1n) is 6.98. The van der Waals surface area contributed by atoms with E-state index in [9.17, 15) is 14.9 Å².